The molecule has 1 saturated carbocycles. The molecule has 1 N–H and O–H groups in total. The highest BCUT2D eigenvalue weighted by atomic mass is 16.2. The molecule has 0 atom stereocenters. The van der Waals surface area contributed by atoms with Gasteiger partial charge in [0.1, 0.15) is 0 Å². The van der Waals surface area contributed by atoms with E-state index in [1.54, 1.807) is 0 Å². The number of hydrogen-bond donors (Lipinski definition) is 1. The molecule has 1 fully saturated rings. The van der Waals surface area contributed by atoms with Gasteiger partial charge in [-0.15, -0.1) is 0 Å². The highest BCUT2D eigenvalue weighted by molar-refractivity contribution is 5.83. The summed E-state index contributed by atoms with van der Waals surface area (Å²) in [6.07, 6.45) is 8.61. The SMILES string of the molecule is CN(C(=O)Cc1ccc2cc[nH]c2c1)C1CCCCC1. The highest BCUT2D eigenvalue weighted by Crippen LogP contribution is 2.22. The second-order valence-electron chi connectivity index (χ2n) is 5.87. The molecule has 1 aromatic heterocycles. The van der Waals surface area contributed by atoms with Crippen molar-refractivity contribution in [3.63, 3.8) is 0 Å². The fraction of sp³-hybridized carbons (Fsp3) is 0.471. The zero-order chi connectivity index (χ0) is 13.9. The third-order valence-electron chi connectivity index (χ3n) is 4.49. The number of likely N-dealkylation sites (N-methyl/N-ethyl adjacent to an activating group) is 1. The predicted octanol–water partition coefficient (Wildman–Crippen LogP) is 3.50. The molecule has 0 radical (unpaired) electrons. The van der Waals surface area contributed by atoms with Crippen LogP contribution in [0.3, 0.4) is 0 Å². The first kappa shape index (κ1) is 13.2. The van der Waals surface area contributed by atoms with Gasteiger partial charge in [-0.2, -0.15) is 0 Å². The van der Waals surface area contributed by atoms with Crippen LogP contribution in [0.5, 0.6) is 0 Å². The molecule has 1 heterocycles. The van der Waals surface area contributed by atoms with Crippen LogP contribution in [0.15, 0.2) is 30.5 Å². The maximum atomic E-state index is 12.4. The van der Waals surface area contributed by atoms with Crippen molar-refractivity contribution in [2.75, 3.05) is 7.05 Å². The second-order valence-corrected chi connectivity index (χ2v) is 5.87. The summed E-state index contributed by atoms with van der Waals surface area (Å²) in [5.41, 5.74) is 2.20. The van der Waals surface area contributed by atoms with Gasteiger partial charge in [0.05, 0.1) is 6.42 Å². The van der Waals surface area contributed by atoms with Crippen LogP contribution < -0.4 is 0 Å². The van der Waals surface area contributed by atoms with Gasteiger partial charge in [0.2, 0.25) is 5.91 Å². The number of fused-ring (bicyclic) bond motifs is 1. The second kappa shape index (κ2) is 5.70. The highest BCUT2D eigenvalue weighted by Gasteiger charge is 2.21. The van der Waals surface area contributed by atoms with Crippen molar-refractivity contribution in [3.8, 4) is 0 Å². The van der Waals surface area contributed by atoms with Gasteiger partial charge in [0.25, 0.3) is 0 Å². The van der Waals surface area contributed by atoms with E-state index in [4.69, 9.17) is 0 Å². The van der Waals surface area contributed by atoms with Crippen LogP contribution in [0.2, 0.25) is 0 Å². The summed E-state index contributed by atoms with van der Waals surface area (Å²) in [6.45, 7) is 0. The third kappa shape index (κ3) is 2.72. The maximum absolute atomic E-state index is 12.4. The molecule has 1 aromatic carbocycles. The van der Waals surface area contributed by atoms with Gasteiger partial charge in [0.15, 0.2) is 0 Å². The summed E-state index contributed by atoms with van der Waals surface area (Å²) in [4.78, 5) is 17.6. The van der Waals surface area contributed by atoms with Crippen molar-refractivity contribution in [2.45, 2.75) is 44.6 Å². The van der Waals surface area contributed by atoms with Crippen LogP contribution in [0, 0.1) is 0 Å². The summed E-state index contributed by atoms with van der Waals surface area (Å²) in [5.74, 6) is 0.239. The standard InChI is InChI=1S/C17H22N2O/c1-19(15-5-3-2-4-6-15)17(20)12-13-7-8-14-9-10-18-16(14)11-13/h7-11,15,18H,2-6,12H2,1H3. The topological polar surface area (TPSA) is 36.1 Å². The van der Waals surface area contributed by atoms with Crippen molar-refractivity contribution in [3.05, 3.63) is 36.0 Å². The molecule has 1 aliphatic rings. The Hall–Kier alpha value is -1.77. The summed E-state index contributed by atoms with van der Waals surface area (Å²) in [7, 11) is 1.96. The Morgan fingerprint density at radius 2 is 2.05 bits per heavy atom. The van der Waals surface area contributed by atoms with Crippen LogP contribution in [-0.2, 0) is 11.2 Å². The predicted molar refractivity (Wildman–Crippen MR) is 81.6 cm³/mol. The molecule has 1 aliphatic carbocycles. The van der Waals surface area contributed by atoms with Crippen molar-refractivity contribution in [2.24, 2.45) is 0 Å². The van der Waals surface area contributed by atoms with E-state index in [2.05, 4.69) is 29.2 Å². The molecule has 3 rings (SSSR count). The van der Waals surface area contributed by atoms with Gasteiger partial charge in [-0.25, -0.2) is 0 Å². The number of nitrogens with one attached hydrogen (secondary N) is 1. The van der Waals surface area contributed by atoms with Gasteiger partial charge in [-0.1, -0.05) is 31.4 Å². The molecule has 0 unspecified atom stereocenters. The number of amides is 1. The fourth-order valence-corrected chi connectivity index (χ4v) is 3.18. The Morgan fingerprint density at radius 3 is 2.85 bits per heavy atom. The Balaban J connectivity index is 1.67. The average Bonchev–Trinajstić information content (AvgIpc) is 2.95. The fourth-order valence-electron chi connectivity index (χ4n) is 3.18. The normalized spacial score (nSPS) is 16.4. The summed E-state index contributed by atoms with van der Waals surface area (Å²) in [6, 6.07) is 8.72. The molecule has 106 valence electrons. The lowest BCUT2D eigenvalue weighted by molar-refractivity contribution is -0.131. The largest absolute Gasteiger partial charge is 0.361 e. The molecule has 20 heavy (non-hydrogen) atoms. The van der Waals surface area contributed by atoms with Crippen LogP contribution in [-0.4, -0.2) is 28.9 Å². The summed E-state index contributed by atoms with van der Waals surface area (Å²) in [5, 5.41) is 1.20. The number of nitrogens with zero attached hydrogens (tertiary/aromatic N) is 1. The molecule has 3 heteroatoms. The van der Waals surface area contributed by atoms with Gasteiger partial charge >= 0.3 is 0 Å². The molecule has 2 aromatic rings. The molecule has 0 spiro atoms. The zero-order valence-corrected chi connectivity index (χ0v) is 12.1. The lowest BCUT2D eigenvalue weighted by Gasteiger charge is -2.31. The average molecular weight is 270 g/mol. The van der Waals surface area contributed by atoms with Gasteiger partial charge in [-0.3, -0.25) is 4.79 Å². The van der Waals surface area contributed by atoms with Crippen LogP contribution >= 0.6 is 0 Å². The van der Waals surface area contributed by atoms with E-state index in [0.717, 1.165) is 23.9 Å². The Labute approximate surface area is 120 Å². The molecule has 1 amide bonds. The Morgan fingerprint density at radius 1 is 1.25 bits per heavy atom. The van der Waals surface area contributed by atoms with E-state index in [1.807, 2.05) is 18.1 Å². The van der Waals surface area contributed by atoms with Gasteiger partial charge in [-0.05, 0) is 35.9 Å². The smallest absolute Gasteiger partial charge is 0.226 e. The first-order valence-electron chi connectivity index (χ1n) is 7.56. The van der Waals surface area contributed by atoms with Crippen molar-refractivity contribution >= 4 is 16.8 Å². The summed E-state index contributed by atoms with van der Waals surface area (Å²) >= 11 is 0. The lowest BCUT2D eigenvalue weighted by Crippen LogP contribution is -2.39. The van der Waals surface area contributed by atoms with Crippen molar-refractivity contribution in [1.82, 2.24) is 9.88 Å². The quantitative estimate of drug-likeness (QED) is 0.910. The number of benzene rings is 1. The zero-order valence-electron chi connectivity index (χ0n) is 12.1. The van der Waals surface area contributed by atoms with E-state index in [-0.39, 0.29) is 5.91 Å². The first-order valence-corrected chi connectivity index (χ1v) is 7.56. The number of carbonyl (C=O) groups excluding carboxylic acids is 1. The molecule has 0 saturated heterocycles. The van der Waals surface area contributed by atoms with Crippen LogP contribution in [0.25, 0.3) is 10.9 Å². The Kier molecular flexibility index (Phi) is 3.77. The molecular weight excluding hydrogens is 248 g/mol. The van der Waals surface area contributed by atoms with E-state index < -0.39 is 0 Å². The minimum atomic E-state index is 0.239. The minimum absolute atomic E-state index is 0.239. The number of carbonyl (C=O) groups is 1. The monoisotopic (exact) mass is 270 g/mol. The molecule has 0 aliphatic heterocycles. The number of hydrogen-bond acceptors (Lipinski definition) is 1. The lowest BCUT2D eigenvalue weighted by atomic mass is 9.94. The van der Waals surface area contributed by atoms with Crippen LogP contribution in [0.4, 0.5) is 0 Å². The maximum Gasteiger partial charge on any atom is 0.226 e. The van der Waals surface area contributed by atoms with Crippen LogP contribution in [0.1, 0.15) is 37.7 Å². The van der Waals surface area contributed by atoms with Gasteiger partial charge < -0.3 is 9.88 Å². The van der Waals surface area contributed by atoms with Crippen molar-refractivity contribution in [1.29, 1.82) is 0 Å². The number of aromatic amines is 1. The van der Waals surface area contributed by atoms with E-state index in [1.165, 1.54) is 24.6 Å². The van der Waals surface area contributed by atoms with E-state index in [9.17, 15) is 4.79 Å². The number of aromatic nitrogens is 1. The summed E-state index contributed by atoms with van der Waals surface area (Å²) < 4.78 is 0. The van der Waals surface area contributed by atoms with Gasteiger partial charge in [0, 0.05) is 24.8 Å². The van der Waals surface area contributed by atoms with E-state index >= 15 is 0 Å². The molecule has 3 nitrogen and oxygen atoms in total. The number of rotatable bonds is 3. The molecule has 0 bridgehead atoms. The molecular formula is C17H22N2O. The first-order chi connectivity index (χ1) is 9.74. The number of H-pyrrole nitrogens is 1. The Bertz CT molecular complexity index is 596. The minimum Gasteiger partial charge on any atom is -0.361 e. The van der Waals surface area contributed by atoms with Crippen molar-refractivity contribution < 1.29 is 4.79 Å². The van der Waals surface area contributed by atoms with E-state index in [0.29, 0.717) is 12.5 Å². The third-order valence-corrected chi connectivity index (χ3v) is 4.49.